The van der Waals surface area contributed by atoms with E-state index in [9.17, 15) is 18.4 Å². The number of hydrogen-bond donors (Lipinski definition) is 2. The standard InChI is InChI=1S/C23H20N4O4S/c1-32(30,31)22-10-6-5-9-20(22)26-21(17-7-3-2-4-8-17)15-19(25-26)16-11-13-18(14-12-16)27(29)23(24)28/h2-15,29H,1H3,(H2,24,28). The van der Waals surface area contributed by atoms with Crippen molar-refractivity contribution in [2.75, 3.05) is 11.3 Å². The highest BCUT2D eigenvalue weighted by Gasteiger charge is 2.20. The topological polar surface area (TPSA) is 119 Å². The van der Waals surface area contributed by atoms with Crippen molar-refractivity contribution in [3.05, 3.63) is 84.9 Å². The van der Waals surface area contributed by atoms with Crippen molar-refractivity contribution in [2.45, 2.75) is 4.90 Å². The molecule has 4 aromatic rings. The maximum absolute atomic E-state index is 12.4. The summed E-state index contributed by atoms with van der Waals surface area (Å²) in [6, 6.07) is 23.5. The number of carbonyl (C=O) groups is 1. The predicted octanol–water partition coefficient (Wildman–Crippen LogP) is 3.88. The number of sulfone groups is 1. The third-order valence-corrected chi connectivity index (χ3v) is 6.03. The molecule has 0 bridgehead atoms. The van der Waals surface area contributed by atoms with E-state index in [0.717, 1.165) is 11.8 Å². The summed E-state index contributed by atoms with van der Waals surface area (Å²) in [4.78, 5) is 11.3. The minimum atomic E-state index is -3.50. The number of para-hydroxylation sites is 1. The van der Waals surface area contributed by atoms with Crippen LogP contribution < -0.4 is 10.8 Å². The second-order valence-electron chi connectivity index (χ2n) is 7.13. The molecule has 8 nitrogen and oxygen atoms in total. The van der Waals surface area contributed by atoms with E-state index in [0.29, 0.717) is 27.7 Å². The van der Waals surface area contributed by atoms with Gasteiger partial charge in [-0.3, -0.25) is 5.21 Å². The molecule has 0 radical (unpaired) electrons. The van der Waals surface area contributed by atoms with E-state index >= 15 is 0 Å². The molecule has 0 aliphatic heterocycles. The van der Waals surface area contributed by atoms with Crippen LogP contribution in [0.1, 0.15) is 0 Å². The molecular formula is C23H20N4O4S. The zero-order valence-corrected chi connectivity index (χ0v) is 17.9. The molecule has 0 atom stereocenters. The van der Waals surface area contributed by atoms with Gasteiger partial charge < -0.3 is 5.73 Å². The van der Waals surface area contributed by atoms with Crippen LogP contribution in [0.25, 0.3) is 28.2 Å². The molecular weight excluding hydrogens is 428 g/mol. The van der Waals surface area contributed by atoms with Crippen LogP contribution in [0.2, 0.25) is 0 Å². The Morgan fingerprint density at radius 3 is 2.19 bits per heavy atom. The Kier molecular flexibility index (Phi) is 5.52. The molecule has 32 heavy (non-hydrogen) atoms. The van der Waals surface area contributed by atoms with Gasteiger partial charge in [0.05, 0.1) is 27.7 Å². The number of amides is 2. The smallest absolute Gasteiger partial charge is 0.343 e. The van der Waals surface area contributed by atoms with Crippen molar-refractivity contribution in [1.29, 1.82) is 0 Å². The summed E-state index contributed by atoms with van der Waals surface area (Å²) in [7, 11) is -3.50. The molecule has 0 aliphatic carbocycles. The zero-order chi connectivity index (χ0) is 22.9. The molecule has 162 valence electrons. The molecule has 0 fully saturated rings. The van der Waals surface area contributed by atoms with E-state index in [-0.39, 0.29) is 10.6 Å². The second-order valence-corrected chi connectivity index (χ2v) is 9.11. The SMILES string of the molecule is CS(=O)(=O)c1ccccc1-n1nc(-c2ccc(N(O)C(N)=O)cc2)cc1-c1ccccc1. The molecule has 0 unspecified atom stereocenters. The van der Waals surface area contributed by atoms with E-state index in [2.05, 4.69) is 0 Å². The van der Waals surface area contributed by atoms with Crippen LogP contribution in [0.4, 0.5) is 10.5 Å². The highest BCUT2D eigenvalue weighted by Crippen LogP contribution is 2.31. The second kappa shape index (κ2) is 8.29. The number of urea groups is 1. The predicted molar refractivity (Wildman–Crippen MR) is 121 cm³/mol. The van der Waals surface area contributed by atoms with Gasteiger partial charge in [-0.25, -0.2) is 17.9 Å². The van der Waals surface area contributed by atoms with Crippen molar-refractivity contribution in [3.8, 4) is 28.2 Å². The molecule has 0 saturated carbocycles. The number of primary amides is 1. The molecule has 1 heterocycles. The van der Waals surface area contributed by atoms with E-state index in [1.54, 1.807) is 41.1 Å². The van der Waals surface area contributed by atoms with Crippen molar-refractivity contribution < 1.29 is 18.4 Å². The fourth-order valence-corrected chi connectivity index (χ4v) is 4.23. The highest BCUT2D eigenvalue weighted by atomic mass is 32.2. The summed E-state index contributed by atoms with van der Waals surface area (Å²) in [5, 5.41) is 14.7. The number of rotatable bonds is 5. The van der Waals surface area contributed by atoms with Gasteiger partial charge in [-0.05, 0) is 30.3 Å². The molecule has 4 rings (SSSR count). The van der Waals surface area contributed by atoms with E-state index < -0.39 is 15.9 Å². The summed E-state index contributed by atoms with van der Waals surface area (Å²) in [5.41, 5.74) is 8.61. The molecule has 2 amide bonds. The number of nitrogens with two attached hydrogens (primary N) is 1. The Balaban J connectivity index is 1.88. The number of carbonyl (C=O) groups excluding carboxylic acids is 1. The first kappa shape index (κ1) is 21.3. The van der Waals surface area contributed by atoms with Crippen LogP contribution in [0.3, 0.4) is 0 Å². The molecule has 1 aromatic heterocycles. The first-order chi connectivity index (χ1) is 15.3. The number of hydroxylamine groups is 1. The summed E-state index contributed by atoms with van der Waals surface area (Å²) in [6.07, 6.45) is 1.16. The van der Waals surface area contributed by atoms with Gasteiger partial charge in [0, 0.05) is 17.4 Å². The third-order valence-electron chi connectivity index (χ3n) is 4.89. The molecule has 0 saturated heterocycles. The fraction of sp³-hybridized carbons (Fsp3) is 0.0435. The van der Waals surface area contributed by atoms with Crippen molar-refractivity contribution in [1.82, 2.24) is 9.78 Å². The average Bonchev–Trinajstić information content (AvgIpc) is 3.24. The van der Waals surface area contributed by atoms with Crippen LogP contribution in [0, 0.1) is 0 Å². The summed E-state index contributed by atoms with van der Waals surface area (Å²) in [6.45, 7) is 0. The van der Waals surface area contributed by atoms with Crippen molar-refractivity contribution in [2.24, 2.45) is 5.73 Å². The van der Waals surface area contributed by atoms with Gasteiger partial charge in [0.25, 0.3) is 0 Å². The Morgan fingerprint density at radius 2 is 1.56 bits per heavy atom. The van der Waals surface area contributed by atoms with E-state index in [1.807, 2.05) is 36.4 Å². The normalized spacial score (nSPS) is 11.3. The van der Waals surface area contributed by atoms with Crippen LogP contribution in [-0.2, 0) is 9.84 Å². The van der Waals surface area contributed by atoms with Gasteiger partial charge >= 0.3 is 6.03 Å². The van der Waals surface area contributed by atoms with Crippen LogP contribution in [0.15, 0.2) is 89.8 Å². The fourth-order valence-electron chi connectivity index (χ4n) is 3.37. The van der Waals surface area contributed by atoms with Crippen LogP contribution in [0.5, 0.6) is 0 Å². The zero-order valence-electron chi connectivity index (χ0n) is 17.1. The highest BCUT2D eigenvalue weighted by molar-refractivity contribution is 7.90. The van der Waals surface area contributed by atoms with Crippen molar-refractivity contribution >= 4 is 21.6 Å². The lowest BCUT2D eigenvalue weighted by molar-refractivity contribution is 0.212. The molecule has 0 aliphatic rings. The minimum Gasteiger partial charge on any atom is -0.349 e. The summed E-state index contributed by atoms with van der Waals surface area (Å²) < 4.78 is 26.4. The quantitative estimate of drug-likeness (QED) is 0.355. The Hall–Kier alpha value is -3.95. The average molecular weight is 449 g/mol. The van der Waals surface area contributed by atoms with Crippen LogP contribution >= 0.6 is 0 Å². The number of benzene rings is 3. The van der Waals surface area contributed by atoms with Gasteiger partial charge in [-0.2, -0.15) is 10.2 Å². The van der Waals surface area contributed by atoms with Gasteiger partial charge in [-0.1, -0.05) is 54.6 Å². The van der Waals surface area contributed by atoms with Gasteiger partial charge in [0.15, 0.2) is 9.84 Å². The summed E-state index contributed by atoms with van der Waals surface area (Å²) >= 11 is 0. The number of nitrogens with zero attached hydrogens (tertiary/aromatic N) is 3. The Morgan fingerprint density at radius 1 is 0.938 bits per heavy atom. The minimum absolute atomic E-state index is 0.166. The monoisotopic (exact) mass is 448 g/mol. The molecule has 0 spiro atoms. The maximum atomic E-state index is 12.4. The molecule has 3 aromatic carbocycles. The van der Waals surface area contributed by atoms with Gasteiger partial charge in [0.2, 0.25) is 0 Å². The van der Waals surface area contributed by atoms with Crippen LogP contribution in [-0.4, -0.2) is 35.7 Å². The van der Waals surface area contributed by atoms with E-state index in [1.165, 1.54) is 12.1 Å². The van der Waals surface area contributed by atoms with E-state index in [4.69, 9.17) is 10.8 Å². The van der Waals surface area contributed by atoms with Gasteiger partial charge in [-0.15, -0.1) is 0 Å². The number of anilines is 1. The number of hydrogen-bond acceptors (Lipinski definition) is 5. The molecule has 9 heteroatoms. The lowest BCUT2D eigenvalue weighted by atomic mass is 10.1. The number of aromatic nitrogens is 2. The third kappa shape index (κ3) is 4.11. The Labute approximate surface area is 185 Å². The van der Waals surface area contributed by atoms with Crippen molar-refractivity contribution in [3.63, 3.8) is 0 Å². The lowest BCUT2D eigenvalue weighted by Gasteiger charge is -2.12. The van der Waals surface area contributed by atoms with Gasteiger partial charge in [0.1, 0.15) is 0 Å². The first-order valence-corrected chi connectivity index (χ1v) is 11.5. The summed E-state index contributed by atoms with van der Waals surface area (Å²) in [5.74, 6) is 0. The maximum Gasteiger partial charge on any atom is 0.343 e. The lowest BCUT2D eigenvalue weighted by Crippen LogP contribution is -2.32. The Bertz CT molecular complexity index is 1380. The first-order valence-electron chi connectivity index (χ1n) is 9.59. The molecule has 3 N–H and O–H groups in total. The largest absolute Gasteiger partial charge is 0.349 e.